The lowest BCUT2D eigenvalue weighted by molar-refractivity contribution is 0.0982. The Morgan fingerprint density at radius 1 is 1.35 bits per heavy atom. The average Bonchev–Trinajstić information content (AvgIpc) is 2.38. The number of aliphatic hydroxyl groups is 1. The fourth-order valence-electron chi connectivity index (χ4n) is 2.91. The van der Waals surface area contributed by atoms with Crippen LogP contribution in [0, 0.1) is 5.92 Å². The predicted molar refractivity (Wildman–Crippen MR) is 70.7 cm³/mol. The Kier molecular flexibility index (Phi) is 4.19. The summed E-state index contributed by atoms with van der Waals surface area (Å²) >= 11 is 0. The highest BCUT2D eigenvalue weighted by atomic mass is 16.3. The van der Waals surface area contributed by atoms with Gasteiger partial charge in [-0.3, -0.25) is 0 Å². The Morgan fingerprint density at radius 3 is 2.76 bits per heavy atom. The molecule has 1 saturated carbocycles. The summed E-state index contributed by atoms with van der Waals surface area (Å²) in [5, 5.41) is 13.3. The van der Waals surface area contributed by atoms with E-state index in [1.807, 2.05) is 6.07 Å². The Hall–Kier alpha value is -0.860. The first-order valence-corrected chi connectivity index (χ1v) is 6.64. The maximum absolute atomic E-state index is 9.67. The van der Waals surface area contributed by atoms with E-state index in [0.29, 0.717) is 0 Å². The largest absolute Gasteiger partial charge is 0.394 e. The van der Waals surface area contributed by atoms with Crippen LogP contribution in [0.25, 0.3) is 0 Å². The van der Waals surface area contributed by atoms with E-state index in [1.165, 1.54) is 18.4 Å². The second kappa shape index (κ2) is 5.65. The van der Waals surface area contributed by atoms with Crippen LogP contribution in [0.2, 0.25) is 0 Å². The van der Waals surface area contributed by atoms with E-state index in [-0.39, 0.29) is 12.1 Å². The van der Waals surface area contributed by atoms with Gasteiger partial charge >= 0.3 is 0 Å². The molecule has 0 amide bonds. The Bertz CT molecular complexity index is 338. The molecule has 0 radical (unpaired) electrons. The summed E-state index contributed by atoms with van der Waals surface area (Å²) in [5.74, 6) is 0.721. The zero-order valence-corrected chi connectivity index (χ0v) is 10.7. The Morgan fingerprint density at radius 2 is 2.12 bits per heavy atom. The molecule has 2 atom stereocenters. The van der Waals surface area contributed by atoms with E-state index in [2.05, 4.69) is 36.5 Å². The fourth-order valence-corrected chi connectivity index (χ4v) is 2.91. The van der Waals surface area contributed by atoms with Crippen LogP contribution in [0.3, 0.4) is 0 Å². The van der Waals surface area contributed by atoms with Crippen LogP contribution < -0.4 is 5.32 Å². The number of hydrogen-bond donors (Lipinski definition) is 2. The van der Waals surface area contributed by atoms with Crippen molar-refractivity contribution in [3.05, 3.63) is 35.9 Å². The van der Waals surface area contributed by atoms with E-state index in [0.717, 1.165) is 25.3 Å². The van der Waals surface area contributed by atoms with Crippen LogP contribution in [0.1, 0.15) is 38.2 Å². The van der Waals surface area contributed by atoms with Crippen molar-refractivity contribution in [3.8, 4) is 0 Å². The molecule has 2 heteroatoms. The second-order valence-electron chi connectivity index (χ2n) is 5.48. The third-order valence-electron chi connectivity index (χ3n) is 3.90. The van der Waals surface area contributed by atoms with Crippen molar-refractivity contribution >= 4 is 0 Å². The average molecular weight is 233 g/mol. The molecule has 0 saturated heterocycles. The molecule has 0 heterocycles. The molecule has 2 nitrogen and oxygen atoms in total. The summed E-state index contributed by atoms with van der Waals surface area (Å²) in [6.07, 6.45) is 4.72. The van der Waals surface area contributed by atoms with Crippen molar-refractivity contribution in [3.63, 3.8) is 0 Å². The molecule has 0 aromatic heterocycles. The molecular weight excluding hydrogens is 210 g/mol. The van der Waals surface area contributed by atoms with Crippen molar-refractivity contribution in [1.82, 2.24) is 5.32 Å². The lowest BCUT2D eigenvalue weighted by Gasteiger charge is -2.39. The standard InChI is InChI=1S/C15H23NO/c1-13-6-5-9-15(10-13,12-17)16-11-14-7-3-2-4-8-14/h2-4,7-8,13,16-17H,5-6,9-12H2,1H3. The molecule has 1 aliphatic carbocycles. The van der Waals surface area contributed by atoms with E-state index >= 15 is 0 Å². The SMILES string of the molecule is CC1CCCC(CO)(NCc2ccccc2)C1. The van der Waals surface area contributed by atoms with Gasteiger partial charge in [0.1, 0.15) is 0 Å². The first kappa shape index (κ1) is 12.6. The summed E-state index contributed by atoms with van der Waals surface area (Å²) in [7, 11) is 0. The molecule has 94 valence electrons. The van der Waals surface area contributed by atoms with Crippen LogP contribution in [-0.4, -0.2) is 17.3 Å². The number of aliphatic hydroxyl groups excluding tert-OH is 1. The smallest absolute Gasteiger partial charge is 0.0613 e. The first-order valence-electron chi connectivity index (χ1n) is 6.64. The lowest BCUT2D eigenvalue weighted by atomic mass is 9.77. The fraction of sp³-hybridized carbons (Fsp3) is 0.600. The minimum Gasteiger partial charge on any atom is -0.394 e. The third-order valence-corrected chi connectivity index (χ3v) is 3.90. The number of nitrogens with one attached hydrogen (secondary N) is 1. The zero-order valence-electron chi connectivity index (χ0n) is 10.7. The highest BCUT2D eigenvalue weighted by molar-refractivity contribution is 5.14. The molecule has 17 heavy (non-hydrogen) atoms. The molecule has 1 fully saturated rings. The van der Waals surface area contributed by atoms with Gasteiger partial charge in [0.15, 0.2) is 0 Å². The highest BCUT2D eigenvalue weighted by Gasteiger charge is 2.33. The Balaban J connectivity index is 1.95. The monoisotopic (exact) mass is 233 g/mol. The zero-order chi connectivity index (χ0) is 12.1. The third kappa shape index (κ3) is 3.30. The molecular formula is C15H23NO. The number of hydrogen-bond acceptors (Lipinski definition) is 2. The molecule has 0 bridgehead atoms. The second-order valence-corrected chi connectivity index (χ2v) is 5.48. The molecule has 0 spiro atoms. The van der Waals surface area contributed by atoms with Gasteiger partial charge in [-0.1, -0.05) is 50.1 Å². The lowest BCUT2D eigenvalue weighted by Crippen LogP contribution is -2.51. The number of rotatable bonds is 4. The maximum atomic E-state index is 9.67. The number of benzene rings is 1. The van der Waals surface area contributed by atoms with Crippen molar-refractivity contribution in [1.29, 1.82) is 0 Å². The van der Waals surface area contributed by atoms with Crippen LogP contribution in [0.15, 0.2) is 30.3 Å². The molecule has 1 aliphatic rings. The topological polar surface area (TPSA) is 32.3 Å². The van der Waals surface area contributed by atoms with E-state index in [9.17, 15) is 5.11 Å². The van der Waals surface area contributed by atoms with Gasteiger partial charge < -0.3 is 10.4 Å². The molecule has 1 aromatic rings. The van der Waals surface area contributed by atoms with Gasteiger partial charge in [0, 0.05) is 12.1 Å². The maximum Gasteiger partial charge on any atom is 0.0613 e. The van der Waals surface area contributed by atoms with Gasteiger partial charge in [-0.05, 0) is 24.3 Å². The molecule has 2 N–H and O–H groups in total. The molecule has 1 aromatic carbocycles. The van der Waals surface area contributed by atoms with Crippen molar-refractivity contribution in [2.75, 3.05) is 6.61 Å². The van der Waals surface area contributed by atoms with Gasteiger partial charge in [0.05, 0.1) is 6.61 Å². The normalized spacial score (nSPS) is 29.2. The van der Waals surface area contributed by atoms with Gasteiger partial charge in [-0.25, -0.2) is 0 Å². The van der Waals surface area contributed by atoms with Crippen molar-refractivity contribution in [2.45, 2.75) is 44.7 Å². The van der Waals surface area contributed by atoms with E-state index in [4.69, 9.17) is 0 Å². The van der Waals surface area contributed by atoms with Gasteiger partial charge in [-0.15, -0.1) is 0 Å². The Labute approximate surface area is 104 Å². The minimum atomic E-state index is -0.0481. The highest BCUT2D eigenvalue weighted by Crippen LogP contribution is 2.32. The minimum absolute atomic E-state index is 0.0481. The van der Waals surface area contributed by atoms with Gasteiger partial charge in [0.2, 0.25) is 0 Å². The van der Waals surface area contributed by atoms with Gasteiger partial charge in [-0.2, -0.15) is 0 Å². The first-order chi connectivity index (χ1) is 8.24. The summed E-state index contributed by atoms with van der Waals surface area (Å²) < 4.78 is 0. The molecule has 0 aliphatic heterocycles. The van der Waals surface area contributed by atoms with Crippen LogP contribution in [-0.2, 0) is 6.54 Å². The van der Waals surface area contributed by atoms with Crippen LogP contribution >= 0.6 is 0 Å². The van der Waals surface area contributed by atoms with Crippen molar-refractivity contribution < 1.29 is 5.11 Å². The summed E-state index contributed by atoms with van der Waals surface area (Å²) in [6, 6.07) is 10.4. The van der Waals surface area contributed by atoms with Crippen molar-refractivity contribution in [2.24, 2.45) is 5.92 Å². The molecule has 2 rings (SSSR count). The van der Waals surface area contributed by atoms with Crippen LogP contribution in [0.4, 0.5) is 0 Å². The summed E-state index contributed by atoms with van der Waals surface area (Å²) in [4.78, 5) is 0. The quantitative estimate of drug-likeness (QED) is 0.838. The van der Waals surface area contributed by atoms with Crippen LogP contribution in [0.5, 0.6) is 0 Å². The predicted octanol–water partition coefficient (Wildman–Crippen LogP) is 2.72. The van der Waals surface area contributed by atoms with Gasteiger partial charge in [0.25, 0.3) is 0 Å². The molecule has 2 unspecified atom stereocenters. The van der Waals surface area contributed by atoms with E-state index in [1.54, 1.807) is 0 Å². The summed E-state index contributed by atoms with van der Waals surface area (Å²) in [6.45, 7) is 3.39. The van der Waals surface area contributed by atoms with E-state index < -0.39 is 0 Å². The summed E-state index contributed by atoms with van der Waals surface area (Å²) in [5.41, 5.74) is 1.24.